The van der Waals surface area contributed by atoms with Crippen LogP contribution in [0.2, 0.25) is 0 Å². The number of hydrogen-bond acceptors (Lipinski definition) is 5. The highest BCUT2D eigenvalue weighted by Gasteiger charge is 2.20. The summed E-state index contributed by atoms with van der Waals surface area (Å²) in [7, 11) is 0. The fourth-order valence-electron chi connectivity index (χ4n) is 3.37. The highest BCUT2D eigenvalue weighted by atomic mass is 32.1. The number of phenols is 1. The molecule has 0 radical (unpaired) electrons. The number of fused-ring (bicyclic) bond motifs is 3. The Balaban J connectivity index is 1.51. The van der Waals surface area contributed by atoms with Gasteiger partial charge in [-0.3, -0.25) is 14.2 Å². The second-order valence-electron chi connectivity index (χ2n) is 6.48. The van der Waals surface area contributed by atoms with Gasteiger partial charge in [0.05, 0.1) is 11.7 Å². The molecule has 1 aliphatic rings. The number of thiophene rings is 1. The van der Waals surface area contributed by atoms with Gasteiger partial charge in [0.2, 0.25) is 5.91 Å². The third-order valence-corrected chi connectivity index (χ3v) is 5.85. The zero-order valence-electron chi connectivity index (χ0n) is 14.2. The van der Waals surface area contributed by atoms with Crippen molar-refractivity contribution in [2.45, 2.75) is 38.6 Å². The molecule has 2 N–H and O–H groups in total. The van der Waals surface area contributed by atoms with Crippen LogP contribution < -0.4 is 10.9 Å². The maximum atomic E-state index is 12.8. The van der Waals surface area contributed by atoms with Gasteiger partial charge < -0.3 is 10.4 Å². The Morgan fingerprint density at radius 1 is 1.31 bits per heavy atom. The number of aromatic hydroxyl groups is 1. The topological polar surface area (TPSA) is 84.2 Å². The quantitative estimate of drug-likeness (QED) is 0.740. The number of rotatable bonds is 4. The third kappa shape index (κ3) is 3.22. The summed E-state index contributed by atoms with van der Waals surface area (Å²) in [6, 6.07) is 6.38. The van der Waals surface area contributed by atoms with Gasteiger partial charge in [-0.05, 0) is 43.4 Å². The normalized spacial score (nSPS) is 13.5. The van der Waals surface area contributed by atoms with Gasteiger partial charge in [0.25, 0.3) is 5.56 Å². The van der Waals surface area contributed by atoms with Crippen LogP contribution in [-0.4, -0.2) is 20.6 Å². The van der Waals surface area contributed by atoms with E-state index in [-0.39, 0.29) is 30.2 Å². The van der Waals surface area contributed by atoms with Gasteiger partial charge in [-0.15, -0.1) is 11.3 Å². The second kappa shape index (κ2) is 6.92. The lowest BCUT2D eigenvalue weighted by atomic mass is 9.97. The molecule has 2 heterocycles. The lowest BCUT2D eigenvalue weighted by molar-refractivity contribution is -0.116. The van der Waals surface area contributed by atoms with Gasteiger partial charge in [0, 0.05) is 29.6 Å². The van der Waals surface area contributed by atoms with Gasteiger partial charge >= 0.3 is 0 Å². The third-order valence-electron chi connectivity index (χ3n) is 4.65. The number of phenolic OH excluding ortho intramolecular Hbond substituents is 1. The number of aromatic nitrogens is 2. The number of aryl methyl sites for hydroxylation is 3. The number of carbonyl (C=O) groups is 1. The highest BCUT2D eigenvalue weighted by molar-refractivity contribution is 7.18. The number of benzene rings is 1. The van der Waals surface area contributed by atoms with Crippen molar-refractivity contribution < 1.29 is 9.90 Å². The molecule has 0 spiro atoms. The lowest BCUT2D eigenvalue weighted by Gasteiger charge is -2.10. The number of amides is 1. The van der Waals surface area contributed by atoms with E-state index in [9.17, 15) is 14.7 Å². The molecule has 0 atom stereocenters. The molecule has 2 aromatic heterocycles. The molecule has 7 heteroatoms. The number of nitrogens with one attached hydrogen (secondary N) is 1. The Kier molecular flexibility index (Phi) is 4.46. The van der Waals surface area contributed by atoms with E-state index in [1.807, 2.05) is 0 Å². The fourth-order valence-corrected chi connectivity index (χ4v) is 4.59. The zero-order chi connectivity index (χ0) is 18.1. The van der Waals surface area contributed by atoms with Crippen molar-refractivity contribution >= 4 is 33.1 Å². The van der Waals surface area contributed by atoms with Crippen LogP contribution in [0.5, 0.6) is 5.75 Å². The number of nitrogens with zero attached hydrogens (tertiary/aromatic N) is 2. The van der Waals surface area contributed by atoms with Crippen molar-refractivity contribution in [3.63, 3.8) is 0 Å². The van der Waals surface area contributed by atoms with Crippen molar-refractivity contribution in [1.82, 2.24) is 9.55 Å². The molecule has 134 valence electrons. The Hall–Kier alpha value is -2.67. The van der Waals surface area contributed by atoms with Crippen LogP contribution >= 0.6 is 11.3 Å². The van der Waals surface area contributed by atoms with Gasteiger partial charge in [-0.1, -0.05) is 6.07 Å². The molecular weight excluding hydrogens is 350 g/mol. The molecule has 1 amide bonds. The number of carbonyl (C=O) groups excluding carboxylic acids is 1. The molecule has 6 nitrogen and oxygen atoms in total. The highest BCUT2D eigenvalue weighted by Crippen LogP contribution is 2.33. The first-order valence-corrected chi connectivity index (χ1v) is 9.52. The smallest absolute Gasteiger partial charge is 0.262 e. The Morgan fingerprint density at radius 2 is 2.15 bits per heavy atom. The van der Waals surface area contributed by atoms with E-state index in [1.165, 1.54) is 34.3 Å². The van der Waals surface area contributed by atoms with Gasteiger partial charge in [-0.25, -0.2) is 4.98 Å². The summed E-state index contributed by atoms with van der Waals surface area (Å²) in [5, 5.41) is 12.9. The summed E-state index contributed by atoms with van der Waals surface area (Å²) in [4.78, 5) is 31.5. The molecule has 0 saturated heterocycles. The first kappa shape index (κ1) is 16.8. The van der Waals surface area contributed by atoms with Crippen LogP contribution in [0.15, 0.2) is 35.4 Å². The molecule has 0 unspecified atom stereocenters. The van der Waals surface area contributed by atoms with E-state index in [0.29, 0.717) is 5.69 Å². The molecule has 3 aromatic rings. The van der Waals surface area contributed by atoms with Crippen LogP contribution in [0.4, 0.5) is 5.69 Å². The Labute approximate surface area is 154 Å². The molecule has 0 bridgehead atoms. The summed E-state index contributed by atoms with van der Waals surface area (Å²) in [5.74, 6) is -0.120. The average Bonchev–Trinajstić information content (AvgIpc) is 3.00. The maximum Gasteiger partial charge on any atom is 0.262 e. The predicted molar refractivity (Wildman–Crippen MR) is 102 cm³/mol. The van der Waals surface area contributed by atoms with E-state index >= 15 is 0 Å². The van der Waals surface area contributed by atoms with Gasteiger partial charge in [-0.2, -0.15) is 0 Å². The molecule has 0 aliphatic heterocycles. The largest absolute Gasteiger partial charge is 0.508 e. The van der Waals surface area contributed by atoms with E-state index < -0.39 is 0 Å². The van der Waals surface area contributed by atoms with Crippen molar-refractivity contribution in [3.05, 3.63) is 51.4 Å². The Morgan fingerprint density at radius 3 is 3.00 bits per heavy atom. The van der Waals surface area contributed by atoms with Crippen molar-refractivity contribution in [2.75, 3.05) is 5.32 Å². The van der Waals surface area contributed by atoms with Crippen molar-refractivity contribution in [2.24, 2.45) is 0 Å². The molecule has 1 aliphatic carbocycles. The minimum absolute atomic E-state index is 0.0560. The van der Waals surface area contributed by atoms with Crippen LogP contribution in [-0.2, 0) is 24.2 Å². The van der Waals surface area contributed by atoms with Crippen LogP contribution in [0.25, 0.3) is 10.2 Å². The molecular formula is C19H19N3O3S. The van der Waals surface area contributed by atoms with E-state index in [4.69, 9.17) is 0 Å². The van der Waals surface area contributed by atoms with Crippen LogP contribution in [0, 0.1) is 0 Å². The molecule has 0 saturated carbocycles. The monoisotopic (exact) mass is 369 g/mol. The Bertz CT molecular complexity index is 1040. The maximum absolute atomic E-state index is 12.8. The van der Waals surface area contributed by atoms with Gasteiger partial charge in [0.15, 0.2) is 0 Å². The van der Waals surface area contributed by atoms with Crippen molar-refractivity contribution in [1.29, 1.82) is 0 Å². The minimum atomic E-state index is -0.213. The molecule has 1 aromatic carbocycles. The summed E-state index contributed by atoms with van der Waals surface area (Å²) < 4.78 is 1.52. The van der Waals surface area contributed by atoms with E-state index in [2.05, 4.69) is 10.3 Å². The number of hydrogen-bond donors (Lipinski definition) is 2. The lowest BCUT2D eigenvalue weighted by Crippen LogP contribution is -2.24. The minimum Gasteiger partial charge on any atom is -0.508 e. The number of anilines is 1. The second-order valence-corrected chi connectivity index (χ2v) is 7.57. The fraction of sp³-hybridized carbons (Fsp3) is 0.316. The van der Waals surface area contributed by atoms with Crippen LogP contribution in [0.1, 0.15) is 29.7 Å². The average molecular weight is 369 g/mol. The first-order chi connectivity index (χ1) is 12.6. The molecule has 0 fully saturated rings. The summed E-state index contributed by atoms with van der Waals surface area (Å²) >= 11 is 1.62. The summed E-state index contributed by atoms with van der Waals surface area (Å²) in [6.07, 6.45) is 5.95. The molecule has 26 heavy (non-hydrogen) atoms. The van der Waals surface area contributed by atoms with Gasteiger partial charge in [0.1, 0.15) is 10.6 Å². The summed E-state index contributed by atoms with van der Waals surface area (Å²) in [6.45, 7) is 0.275. The SMILES string of the molecule is O=C(CCn1cnc2sc3c(c2c1=O)CCCC3)Nc1cccc(O)c1. The van der Waals surface area contributed by atoms with Crippen molar-refractivity contribution in [3.8, 4) is 5.75 Å². The summed E-state index contributed by atoms with van der Waals surface area (Å²) in [5.41, 5.74) is 1.63. The standard InChI is InChI=1S/C19H19N3O3S/c23-13-5-3-4-12(10-13)21-16(24)8-9-22-11-20-18-17(19(22)25)14-6-1-2-7-15(14)26-18/h3-5,10-11,23H,1-2,6-9H2,(H,21,24). The zero-order valence-corrected chi connectivity index (χ0v) is 15.0. The first-order valence-electron chi connectivity index (χ1n) is 8.70. The molecule has 4 rings (SSSR count). The van der Waals surface area contributed by atoms with E-state index in [0.717, 1.165) is 35.0 Å². The predicted octanol–water partition coefficient (Wildman–Crippen LogP) is 3.07. The van der Waals surface area contributed by atoms with Crippen LogP contribution in [0.3, 0.4) is 0 Å². The van der Waals surface area contributed by atoms with E-state index in [1.54, 1.807) is 23.5 Å².